The van der Waals surface area contributed by atoms with Crippen molar-refractivity contribution in [3.63, 3.8) is 0 Å². The Morgan fingerprint density at radius 2 is 1.94 bits per heavy atom. The Labute approximate surface area is 112 Å². The summed E-state index contributed by atoms with van der Waals surface area (Å²) in [5.41, 5.74) is 6.61. The van der Waals surface area contributed by atoms with Gasteiger partial charge in [0, 0.05) is 12.1 Å². The highest BCUT2D eigenvalue weighted by Crippen LogP contribution is 2.27. The predicted molar refractivity (Wildman–Crippen MR) is 71.1 cm³/mol. The molecule has 0 unspecified atom stereocenters. The summed E-state index contributed by atoms with van der Waals surface area (Å²) >= 11 is 0. The van der Waals surface area contributed by atoms with E-state index in [-0.39, 0.29) is 36.1 Å². The molecule has 0 heterocycles. The van der Waals surface area contributed by atoms with Gasteiger partial charge in [0.2, 0.25) is 5.91 Å². The summed E-state index contributed by atoms with van der Waals surface area (Å²) in [6, 6.07) is 5.96. The monoisotopic (exact) mass is 272 g/mol. The van der Waals surface area contributed by atoms with E-state index in [1.54, 1.807) is 12.1 Å². The SMILES string of the molecule is Cl.NC1(CNC(=O)Cc2ccc(F)cc2)CCC1. The number of carbonyl (C=O) groups is 1. The van der Waals surface area contributed by atoms with E-state index in [2.05, 4.69) is 5.32 Å². The van der Waals surface area contributed by atoms with Crippen LogP contribution in [0.25, 0.3) is 0 Å². The molecule has 1 aliphatic carbocycles. The van der Waals surface area contributed by atoms with Crippen LogP contribution in [0.3, 0.4) is 0 Å². The molecule has 0 aliphatic heterocycles. The Morgan fingerprint density at radius 3 is 2.44 bits per heavy atom. The van der Waals surface area contributed by atoms with Crippen LogP contribution < -0.4 is 11.1 Å². The van der Waals surface area contributed by atoms with Crippen LogP contribution >= 0.6 is 12.4 Å². The summed E-state index contributed by atoms with van der Waals surface area (Å²) in [6.07, 6.45) is 3.37. The van der Waals surface area contributed by atoms with Crippen molar-refractivity contribution in [2.24, 2.45) is 5.73 Å². The Kier molecular flexibility index (Phi) is 5.11. The maximum atomic E-state index is 12.7. The molecule has 0 saturated heterocycles. The molecular weight excluding hydrogens is 255 g/mol. The molecule has 0 aromatic heterocycles. The molecule has 1 aromatic carbocycles. The zero-order chi connectivity index (χ0) is 12.3. The molecule has 3 N–H and O–H groups in total. The van der Waals surface area contributed by atoms with Crippen LogP contribution in [-0.2, 0) is 11.2 Å². The summed E-state index contributed by atoms with van der Waals surface area (Å²) in [7, 11) is 0. The molecule has 1 amide bonds. The molecule has 0 spiro atoms. The number of rotatable bonds is 4. The van der Waals surface area contributed by atoms with Gasteiger partial charge in [-0.3, -0.25) is 4.79 Å². The van der Waals surface area contributed by atoms with Crippen molar-refractivity contribution in [3.05, 3.63) is 35.6 Å². The molecular formula is C13H18ClFN2O. The van der Waals surface area contributed by atoms with E-state index in [1.807, 2.05) is 0 Å². The van der Waals surface area contributed by atoms with Gasteiger partial charge in [-0.25, -0.2) is 4.39 Å². The molecule has 100 valence electrons. The Bertz CT molecular complexity index is 404. The minimum absolute atomic E-state index is 0. The lowest BCUT2D eigenvalue weighted by molar-refractivity contribution is -0.120. The lowest BCUT2D eigenvalue weighted by Crippen LogP contribution is -2.55. The Morgan fingerprint density at radius 1 is 1.33 bits per heavy atom. The van der Waals surface area contributed by atoms with Crippen molar-refractivity contribution in [2.75, 3.05) is 6.54 Å². The highest BCUT2D eigenvalue weighted by Gasteiger charge is 2.32. The molecule has 5 heteroatoms. The van der Waals surface area contributed by atoms with Gasteiger partial charge in [0.05, 0.1) is 6.42 Å². The largest absolute Gasteiger partial charge is 0.354 e. The molecule has 0 atom stereocenters. The van der Waals surface area contributed by atoms with Gasteiger partial charge in [0.25, 0.3) is 0 Å². The number of hydrogen-bond donors (Lipinski definition) is 2. The molecule has 1 aromatic rings. The number of benzene rings is 1. The number of nitrogens with one attached hydrogen (secondary N) is 1. The molecule has 0 bridgehead atoms. The van der Waals surface area contributed by atoms with Gasteiger partial charge >= 0.3 is 0 Å². The molecule has 0 radical (unpaired) electrons. The second-order valence-corrected chi connectivity index (χ2v) is 4.80. The first kappa shape index (κ1) is 14.9. The topological polar surface area (TPSA) is 55.1 Å². The average Bonchev–Trinajstić information content (AvgIpc) is 2.27. The number of amides is 1. The molecule has 1 aliphatic rings. The van der Waals surface area contributed by atoms with Crippen LogP contribution in [0.2, 0.25) is 0 Å². The first-order valence-electron chi connectivity index (χ1n) is 5.87. The number of carbonyl (C=O) groups excluding carboxylic acids is 1. The summed E-state index contributed by atoms with van der Waals surface area (Å²) < 4.78 is 12.7. The fourth-order valence-electron chi connectivity index (χ4n) is 1.93. The lowest BCUT2D eigenvalue weighted by atomic mass is 9.78. The normalized spacial score (nSPS) is 16.3. The summed E-state index contributed by atoms with van der Waals surface area (Å²) in [6.45, 7) is 0.535. The van der Waals surface area contributed by atoms with Crippen molar-refractivity contribution in [3.8, 4) is 0 Å². The smallest absolute Gasteiger partial charge is 0.224 e. The maximum absolute atomic E-state index is 12.7. The van der Waals surface area contributed by atoms with Gasteiger partial charge in [0.1, 0.15) is 5.82 Å². The third kappa shape index (κ3) is 3.96. The second kappa shape index (κ2) is 6.16. The minimum Gasteiger partial charge on any atom is -0.354 e. The molecule has 2 rings (SSSR count). The van der Waals surface area contributed by atoms with Crippen molar-refractivity contribution < 1.29 is 9.18 Å². The summed E-state index contributed by atoms with van der Waals surface area (Å²) in [5.74, 6) is -0.349. The highest BCUT2D eigenvalue weighted by atomic mass is 35.5. The van der Waals surface area contributed by atoms with E-state index in [4.69, 9.17) is 5.73 Å². The van der Waals surface area contributed by atoms with Crippen LogP contribution in [-0.4, -0.2) is 18.0 Å². The van der Waals surface area contributed by atoms with Crippen LogP contribution in [0, 0.1) is 5.82 Å². The van der Waals surface area contributed by atoms with Gasteiger partial charge in [-0.2, -0.15) is 0 Å². The molecule has 3 nitrogen and oxygen atoms in total. The maximum Gasteiger partial charge on any atom is 0.224 e. The third-order valence-electron chi connectivity index (χ3n) is 3.26. The van der Waals surface area contributed by atoms with E-state index in [0.717, 1.165) is 24.8 Å². The van der Waals surface area contributed by atoms with E-state index in [1.165, 1.54) is 12.1 Å². The Balaban J connectivity index is 0.00000162. The van der Waals surface area contributed by atoms with E-state index in [9.17, 15) is 9.18 Å². The zero-order valence-electron chi connectivity index (χ0n) is 10.1. The van der Waals surface area contributed by atoms with Crippen molar-refractivity contribution in [2.45, 2.75) is 31.2 Å². The number of nitrogens with two attached hydrogens (primary N) is 1. The van der Waals surface area contributed by atoms with E-state index >= 15 is 0 Å². The van der Waals surface area contributed by atoms with Gasteiger partial charge in [-0.1, -0.05) is 12.1 Å². The second-order valence-electron chi connectivity index (χ2n) is 4.80. The predicted octanol–water partition coefficient (Wildman–Crippen LogP) is 1.79. The van der Waals surface area contributed by atoms with Crippen LogP contribution in [0.15, 0.2) is 24.3 Å². The zero-order valence-corrected chi connectivity index (χ0v) is 10.9. The van der Waals surface area contributed by atoms with Crippen LogP contribution in [0.4, 0.5) is 4.39 Å². The van der Waals surface area contributed by atoms with E-state index in [0.29, 0.717) is 6.54 Å². The molecule has 1 saturated carbocycles. The first-order valence-corrected chi connectivity index (χ1v) is 5.87. The van der Waals surface area contributed by atoms with Gasteiger partial charge in [-0.05, 0) is 37.0 Å². The summed E-state index contributed by atoms with van der Waals surface area (Å²) in [4.78, 5) is 11.6. The van der Waals surface area contributed by atoms with Crippen molar-refractivity contribution in [1.29, 1.82) is 0 Å². The lowest BCUT2D eigenvalue weighted by Gasteiger charge is -2.38. The van der Waals surface area contributed by atoms with E-state index < -0.39 is 0 Å². The quantitative estimate of drug-likeness (QED) is 0.878. The van der Waals surface area contributed by atoms with Crippen molar-refractivity contribution >= 4 is 18.3 Å². The number of halogens is 2. The Hall–Kier alpha value is -1.13. The van der Waals surface area contributed by atoms with Gasteiger partial charge in [-0.15, -0.1) is 12.4 Å². The minimum atomic E-state index is -0.287. The standard InChI is InChI=1S/C13H17FN2O.ClH/c14-11-4-2-10(3-5-11)8-12(17)16-9-13(15)6-1-7-13;/h2-5H,1,6-9,15H2,(H,16,17);1H. The summed E-state index contributed by atoms with van der Waals surface area (Å²) in [5, 5.41) is 2.83. The fraction of sp³-hybridized carbons (Fsp3) is 0.462. The number of hydrogen-bond acceptors (Lipinski definition) is 2. The molecule has 1 fully saturated rings. The first-order chi connectivity index (χ1) is 8.07. The molecule has 18 heavy (non-hydrogen) atoms. The third-order valence-corrected chi connectivity index (χ3v) is 3.26. The average molecular weight is 273 g/mol. The fourth-order valence-corrected chi connectivity index (χ4v) is 1.93. The van der Waals surface area contributed by atoms with Crippen LogP contribution in [0.5, 0.6) is 0 Å². The van der Waals surface area contributed by atoms with Gasteiger partial charge in [0.15, 0.2) is 0 Å². The van der Waals surface area contributed by atoms with Crippen molar-refractivity contribution in [1.82, 2.24) is 5.32 Å². The van der Waals surface area contributed by atoms with Crippen LogP contribution in [0.1, 0.15) is 24.8 Å². The highest BCUT2D eigenvalue weighted by molar-refractivity contribution is 5.85. The van der Waals surface area contributed by atoms with Gasteiger partial charge < -0.3 is 11.1 Å².